The van der Waals surface area contributed by atoms with Crippen molar-refractivity contribution in [1.29, 1.82) is 0 Å². The van der Waals surface area contributed by atoms with E-state index in [9.17, 15) is 13.2 Å². The molecule has 0 saturated carbocycles. The molecular weight excluding hydrogens is 263 g/mol. The largest absolute Gasteiger partial charge is 1.00 e. The molecule has 0 aliphatic rings. The molecule has 0 aliphatic carbocycles. The molecule has 0 aromatic heterocycles. The van der Waals surface area contributed by atoms with E-state index in [1.165, 1.54) is 12.1 Å². The summed E-state index contributed by atoms with van der Waals surface area (Å²) in [5.41, 5.74) is 0.916. The molecule has 1 aromatic carbocycles. The van der Waals surface area contributed by atoms with E-state index in [4.69, 9.17) is 0 Å². The molecule has 0 amide bonds. The van der Waals surface area contributed by atoms with Gasteiger partial charge in [-0.2, -0.15) is 8.42 Å². The molecule has 0 saturated heterocycles. The van der Waals surface area contributed by atoms with E-state index >= 15 is 0 Å². The van der Waals surface area contributed by atoms with Crippen LogP contribution in [0.3, 0.4) is 0 Å². The number of unbranched alkanes of at least 4 members (excludes halogenated alkanes) is 1. The number of rotatable bonds is 5. The first-order valence-corrected chi connectivity index (χ1v) is 7.04. The molecule has 0 radical (unpaired) electrons. The van der Waals surface area contributed by atoms with Gasteiger partial charge in [0.25, 0.3) is 0 Å². The van der Waals surface area contributed by atoms with Crippen LogP contribution in [-0.2, 0) is 19.0 Å². The first-order chi connectivity index (χ1) is 8.45. The van der Waals surface area contributed by atoms with Gasteiger partial charge < -0.3 is 10.3 Å². The van der Waals surface area contributed by atoms with Crippen molar-refractivity contribution in [1.82, 2.24) is 0 Å². The van der Waals surface area contributed by atoms with Crippen LogP contribution in [0.2, 0.25) is 0 Å². The normalized spacial score (nSPS) is 10.4. The maximum absolute atomic E-state index is 11.7. The molecule has 0 heterocycles. The maximum atomic E-state index is 11.7. The van der Waals surface area contributed by atoms with Crippen LogP contribution < -0.4 is 18.9 Å². The zero-order chi connectivity index (χ0) is 13.6. The van der Waals surface area contributed by atoms with Gasteiger partial charge in [-0.15, -0.1) is 0 Å². The molecule has 102 valence electrons. The smallest absolute Gasteiger partial charge is 1.00 e. The first kappa shape index (κ1) is 18.0. The summed E-state index contributed by atoms with van der Waals surface area (Å²) in [6.07, 6.45) is 0.321. The minimum absolute atomic E-state index is 0. The van der Waals surface area contributed by atoms with E-state index < -0.39 is 16.3 Å². The third kappa shape index (κ3) is 6.15. The third-order valence-corrected chi connectivity index (χ3v) is 3.41. The molecule has 1 rings (SSSR count). The molecule has 0 fully saturated rings. The number of hydrogen-bond acceptors (Lipinski definition) is 5. The van der Waals surface area contributed by atoms with Crippen LogP contribution in [0.1, 0.15) is 26.8 Å². The number of carbonyl (C=O) groups is 1. The fourth-order valence-electron chi connectivity index (χ4n) is 1.17. The van der Waals surface area contributed by atoms with Crippen LogP contribution in [-0.4, -0.2) is 21.2 Å². The number of carbonyl (C=O) groups excluding carboxylic acids is 1. The van der Waals surface area contributed by atoms with Crippen LogP contribution in [0.5, 0.6) is 0 Å². The summed E-state index contributed by atoms with van der Waals surface area (Å²) in [5, 5.41) is 0. The molecule has 0 spiro atoms. The SMILES string of the molecule is CCCCOC(=O)OS(=O)(=O)c1ccc(C)cc1.[H-].[Li+]. The van der Waals surface area contributed by atoms with Gasteiger partial charge in [-0.1, -0.05) is 31.0 Å². The van der Waals surface area contributed by atoms with Crippen LogP contribution in [0.25, 0.3) is 0 Å². The van der Waals surface area contributed by atoms with Gasteiger partial charge >= 0.3 is 35.1 Å². The molecule has 0 aliphatic heterocycles. The van der Waals surface area contributed by atoms with Gasteiger partial charge in [0.2, 0.25) is 0 Å². The van der Waals surface area contributed by atoms with E-state index in [1.54, 1.807) is 12.1 Å². The number of aryl methyl sites for hydroxylation is 1. The maximum Gasteiger partial charge on any atom is 1.00 e. The number of benzene rings is 1. The average molecular weight is 280 g/mol. The fourth-order valence-corrected chi connectivity index (χ4v) is 1.96. The summed E-state index contributed by atoms with van der Waals surface area (Å²) in [7, 11) is -4.09. The van der Waals surface area contributed by atoms with Crippen molar-refractivity contribution in [2.45, 2.75) is 31.6 Å². The van der Waals surface area contributed by atoms with Crippen molar-refractivity contribution in [3.63, 3.8) is 0 Å². The average Bonchev–Trinajstić information content (AvgIpc) is 2.29. The molecule has 1 aromatic rings. The third-order valence-electron chi connectivity index (χ3n) is 2.21. The Hall–Kier alpha value is -0.963. The van der Waals surface area contributed by atoms with Crippen molar-refractivity contribution >= 4 is 16.3 Å². The Bertz CT molecular complexity index is 501. The van der Waals surface area contributed by atoms with Gasteiger partial charge in [-0.25, -0.2) is 4.79 Å². The van der Waals surface area contributed by atoms with Gasteiger partial charge in [0.05, 0.1) is 6.61 Å². The van der Waals surface area contributed by atoms with Crippen molar-refractivity contribution in [3.8, 4) is 0 Å². The van der Waals surface area contributed by atoms with Crippen LogP contribution in [0.15, 0.2) is 29.2 Å². The Morgan fingerprint density at radius 2 is 1.84 bits per heavy atom. The minimum atomic E-state index is -4.09. The molecule has 0 N–H and O–H groups in total. The molecule has 5 nitrogen and oxygen atoms in total. The predicted molar refractivity (Wildman–Crippen MR) is 66.8 cm³/mol. The van der Waals surface area contributed by atoms with Gasteiger partial charge in [0, 0.05) is 0 Å². The number of hydrogen-bond donors (Lipinski definition) is 0. The van der Waals surface area contributed by atoms with Crippen molar-refractivity contribution in [3.05, 3.63) is 29.8 Å². The van der Waals surface area contributed by atoms with E-state index in [-0.39, 0.29) is 31.8 Å². The summed E-state index contributed by atoms with van der Waals surface area (Å²) in [5.74, 6) is 0. The Morgan fingerprint density at radius 1 is 1.26 bits per heavy atom. The van der Waals surface area contributed by atoms with Crippen LogP contribution in [0.4, 0.5) is 4.79 Å². The minimum Gasteiger partial charge on any atom is -1.00 e. The summed E-state index contributed by atoms with van der Waals surface area (Å²) in [4.78, 5) is 11.1. The quantitative estimate of drug-likeness (QED) is 0.322. The van der Waals surface area contributed by atoms with Crippen LogP contribution >= 0.6 is 0 Å². The predicted octanol–water partition coefficient (Wildman–Crippen LogP) is -0.246. The van der Waals surface area contributed by atoms with E-state index in [1.807, 2.05) is 13.8 Å². The van der Waals surface area contributed by atoms with Gasteiger partial charge in [0.1, 0.15) is 4.90 Å². The monoisotopic (exact) mass is 280 g/mol. The Balaban J connectivity index is 0. The van der Waals surface area contributed by atoms with Gasteiger partial charge in [-0.3, -0.25) is 0 Å². The molecule has 0 bridgehead atoms. The van der Waals surface area contributed by atoms with E-state index in [0.29, 0.717) is 6.42 Å². The molecule has 0 atom stereocenters. The number of ether oxygens (including phenoxy) is 1. The molecular formula is C12H17LiO5S. The fraction of sp³-hybridized carbons (Fsp3) is 0.417. The topological polar surface area (TPSA) is 69.7 Å². The molecule has 7 heteroatoms. The van der Waals surface area contributed by atoms with Crippen LogP contribution in [0, 0.1) is 6.92 Å². The van der Waals surface area contributed by atoms with E-state index in [2.05, 4.69) is 8.92 Å². The summed E-state index contributed by atoms with van der Waals surface area (Å²) in [6, 6.07) is 6.01. The second kappa shape index (κ2) is 8.26. The Kier molecular flexibility index (Phi) is 7.84. The zero-order valence-corrected chi connectivity index (χ0v) is 12.2. The van der Waals surface area contributed by atoms with Gasteiger partial charge in [0.15, 0.2) is 0 Å². The standard InChI is InChI=1S/C12H16O5S.Li.H/c1-3-4-9-16-12(13)17-18(14,15)11-7-5-10(2)6-8-11;;/h5-8H,3-4,9H2,1-2H3;;/q;+1;-1. The second-order valence-corrected chi connectivity index (χ2v) is 5.35. The van der Waals surface area contributed by atoms with Crippen molar-refractivity contribution in [2.75, 3.05) is 6.61 Å². The van der Waals surface area contributed by atoms with Crippen molar-refractivity contribution in [2.24, 2.45) is 0 Å². The van der Waals surface area contributed by atoms with Crippen molar-refractivity contribution < 1.29 is 42.4 Å². The summed E-state index contributed by atoms with van der Waals surface area (Å²) < 4.78 is 32.3. The second-order valence-electron chi connectivity index (χ2n) is 3.80. The first-order valence-electron chi connectivity index (χ1n) is 5.63. The Labute approximate surface area is 127 Å². The Morgan fingerprint density at radius 3 is 2.37 bits per heavy atom. The summed E-state index contributed by atoms with van der Waals surface area (Å²) in [6.45, 7) is 3.91. The zero-order valence-electron chi connectivity index (χ0n) is 12.4. The van der Waals surface area contributed by atoms with Gasteiger partial charge in [-0.05, 0) is 25.5 Å². The van der Waals surface area contributed by atoms with E-state index in [0.717, 1.165) is 12.0 Å². The molecule has 19 heavy (non-hydrogen) atoms. The molecule has 0 unspecified atom stereocenters. The summed E-state index contributed by atoms with van der Waals surface area (Å²) >= 11 is 0.